The summed E-state index contributed by atoms with van der Waals surface area (Å²) in [6.07, 6.45) is 2.32. The number of hydrogen-bond acceptors (Lipinski definition) is 6. The van der Waals surface area contributed by atoms with Crippen molar-refractivity contribution in [3.05, 3.63) is 62.4 Å². The minimum atomic E-state index is -0.708. The predicted molar refractivity (Wildman–Crippen MR) is 98.0 cm³/mol. The Kier molecular flexibility index (Phi) is 4.16. The third-order valence-corrected chi connectivity index (χ3v) is 4.76. The van der Waals surface area contributed by atoms with Crippen LogP contribution in [0.2, 0.25) is 10.0 Å². The number of hydrogen-bond donors (Lipinski definition) is 1. The number of benzene rings is 1. The number of ether oxygens (including phenoxy) is 1. The number of nitrogens with zero attached hydrogens (tertiary/aromatic N) is 3. The summed E-state index contributed by atoms with van der Waals surface area (Å²) in [7, 11) is 0. The number of rotatable bonds is 4. The maximum atomic E-state index is 13.8. The second-order valence-corrected chi connectivity index (χ2v) is 6.58. The average molecular weight is 409 g/mol. The average Bonchev–Trinajstić information content (AvgIpc) is 3.20. The van der Waals surface area contributed by atoms with Gasteiger partial charge in [-0.05, 0) is 25.1 Å². The van der Waals surface area contributed by atoms with E-state index in [2.05, 4.69) is 10.1 Å². The Morgan fingerprint density at radius 2 is 2.15 bits per heavy atom. The Morgan fingerprint density at radius 1 is 1.37 bits per heavy atom. The zero-order chi connectivity index (χ0) is 19.3. The van der Waals surface area contributed by atoms with Crippen LogP contribution in [0.5, 0.6) is 5.75 Å². The summed E-state index contributed by atoms with van der Waals surface area (Å²) in [5, 5.41) is 4.08. The number of pyridine rings is 1. The second-order valence-electron chi connectivity index (χ2n) is 5.80. The van der Waals surface area contributed by atoms with Crippen molar-refractivity contribution in [1.29, 1.82) is 0 Å². The van der Waals surface area contributed by atoms with E-state index in [0.29, 0.717) is 16.7 Å². The number of anilines is 1. The van der Waals surface area contributed by atoms with Crippen LogP contribution in [0.15, 0.2) is 39.9 Å². The summed E-state index contributed by atoms with van der Waals surface area (Å²) < 4.78 is 25.5. The van der Waals surface area contributed by atoms with E-state index in [1.54, 1.807) is 13.0 Å². The summed E-state index contributed by atoms with van der Waals surface area (Å²) in [6.45, 7) is 1.66. The molecule has 138 valence electrons. The summed E-state index contributed by atoms with van der Waals surface area (Å²) in [6, 6.07) is 4.17. The molecule has 1 unspecified atom stereocenters. The second kappa shape index (κ2) is 6.40. The van der Waals surface area contributed by atoms with Crippen molar-refractivity contribution in [2.24, 2.45) is 0 Å². The summed E-state index contributed by atoms with van der Waals surface area (Å²) >= 11 is 12.2. The van der Waals surface area contributed by atoms with Gasteiger partial charge in [-0.3, -0.25) is 0 Å². The number of nitrogens with two attached hydrogens (primary N) is 1. The first-order valence-electron chi connectivity index (χ1n) is 7.73. The van der Waals surface area contributed by atoms with Gasteiger partial charge in [0, 0.05) is 27.9 Å². The van der Waals surface area contributed by atoms with Gasteiger partial charge in [0.2, 0.25) is 0 Å². The van der Waals surface area contributed by atoms with Crippen molar-refractivity contribution in [2.45, 2.75) is 13.0 Å². The van der Waals surface area contributed by atoms with Crippen molar-refractivity contribution in [3.63, 3.8) is 0 Å². The summed E-state index contributed by atoms with van der Waals surface area (Å²) in [5.41, 5.74) is 6.88. The van der Waals surface area contributed by atoms with E-state index < -0.39 is 17.5 Å². The predicted octanol–water partition coefficient (Wildman–Crippen LogP) is 3.96. The van der Waals surface area contributed by atoms with E-state index >= 15 is 0 Å². The van der Waals surface area contributed by atoms with Gasteiger partial charge < -0.3 is 15.0 Å². The summed E-state index contributed by atoms with van der Waals surface area (Å²) in [4.78, 5) is 15.8. The highest BCUT2D eigenvalue weighted by molar-refractivity contribution is 6.36. The van der Waals surface area contributed by atoms with Crippen LogP contribution >= 0.6 is 23.2 Å². The third kappa shape index (κ3) is 2.96. The van der Waals surface area contributed by atoms with Crippen molar-refractivity contribution in [3.8, 4) is 16.9 Å². The molecule has 10 heteroatoms. The molecular weight excluding hydrogens is 398 g/mol. The van der Waals surface area contributed by atoms with E-state index in [1.807, 2.05) is 0 Å². The SMILES string of the molecule is CC(Oc1cc(-c2cn3nc2c(=O)o3)cnc1N)c1c(Cl)ccc(F)c1Cl. The molecule has 0 aliphatic carbocycles. The lowest BCUT2D eigenvalue weighted by atomic mass is 10.1. The fourth-order valence-corrected chi connectivity index (χ4v) is 3.43. The molecule has 0 saturated carbocycles. The highest BCUT2D eigenvalue weighted by atomic mass is 35.5. The largest absolute Gasteiger partial charge is 0.482 e. The molecule has 0 aliphatic heterocycles. The van der Waals surface area contributed by atoms with Crippen LogP contribution in [0.1, 0.15) is 18.6 Å². The lowest BCUT2D eigenvalue weighted by Gasteiger charge is -2.19. The van der Waals surface area contributed by atoms with E-state index in [-0.39, 0.29) is 27.1 Å². The van der Waals surface area contributed by atoms with Gasteiger partial charge in [-0.25, -0.2) is 14.2 Å². The fraction of sp³-hybridized carbons (Fsp3) is 0.118. The molecule has 0 spiro atoms. The van der Waals surface area contributed by atoms with Gasteiger partial charge in [-0.1, -0.05) is 27.9 Å². The topological polar surface area (TPSA) is 95.6 Å². The zero-order valence-electron chi connectivity index (χ0n) is 13.7. The van der Waals surface area contributed by atoms with Crippen LogP contribution in [0.3, 0.4) is 0 Å². The molecule has 0 aliphatic rings. The molecule has 0 amide bonds. The Hall–Kier alpha value is -2.84. The molecular formula is C17H11Cl2FN4O3. The Morgan fingerprint density at radius 3 is 2.85 bits per heavy atom. The zero-order valence-corrected chi connectivity index (χ0v) is 15.3. The van der Waals surface area contributed by atoms with Gasteiger partial charge in [0.05, 0.1) is 11.2 Å². The fourth-order valence-electron chi connectivity index (χ4n) is 2.75. The van der Waals surface area contributed by atoms with Crippen LogP contribution < -0.4 is 16.1 Å². The van der Waals surface area contributed by atoms with Gasteiger partial charge in [-0.15, -0.1) is 5.10 Å². The van der Waals surface area contributed by atoms with Crippen LogP contribution in [0.25, 0.3) is 16.6 Å². The molecule has 0 radical (unpaired) electrons. The number of halogens is 3. The van der Waals surface area contributed by atoms with E-state index in [0.717, 1.165) is 4.69 Å². The summed E-state index contributed by atoms with van der Waals surface area (Å²) in [5.74, 6) is -0.268. The molecule has 27 heavy (non-hydrogen) atoms. The van der Waals surface area contributed by atoms with Crippen LogP contribution in [-0.4, -0.2) is 14.8 Å². The molecule has 2 N–H and O–H groups in total. The molecule has 0 saturated heterocycles. The van der Waals surface area contributed by atoms with Gasteiger partial charge in [-0.2, -0.15) is 0 Å². The third-order valence-electron chi connectivity index (χ3n) is 4.05. The van der Waals surface area contributed by atoms with Crippen molar-refractivity contribution in [1.82, 2.24) is 14.8 Å². The lowest BCUT2D eigenvalue weighted by molar-refractivity contribution is 0.227. The van der Waals surface area contributed by atoms with Gasteiger partial charge >= 0.3 is 5.63 Å². The molecule has 2 bridgehead atoms. The number of nitrogen functional groups attached to an aromatic ring is 1. The molecule has 3 aromatic heterocycles. The van der Waals surface area contributed by atoms with Gasteiger partial charge in [0.25, 0.3) is 0 Å². The first kappa shape index (κ1) is 17.6. The highest BCUT2D eigenvalue weighted by Crippen LogP contribution is 2.37. The Bertz CT molecular complexity index is 1210. The molecule has 0 fully saturated rings. The van der Waals surface area contributed by atoms with Crippen LogP contribution in [0.4, 0.5) is 10.2 Å². The Balaban J connectivity index is 1.71. The molecule has 7 nitrogen and oxygen atoms in total. The highest BCUT2D eigenvalue weighted by Gasteiger charge is 2.21. The minimum Gasteiger partial charge on any atom is -0.482 e. The van der Waals surface area contributed by atoms with Crippen molar-refractivity contribution >= 4 is 34.5 Å². The molecule has 4 aromatic rings. The molecule has 3 heterocycles. The Labute approximate surface area is 161 Å². The van der Waals surface area contributed by atoms with E-state index in [9.17, 15) is 9.18 Å². The van der Waals surface area contributed by atoms with E-state index in [4.69, 9.17) is 38.2 Å². The smallest absolute Gasteiger partial charge is 0.386 e. The minimum absolute atomic E-state index is 0.114. The van der Waals surface area contributed by atoms with Crippen LogP contribution in [-0.2, 0) is 0 Å². The quantitative estimate of drug-likeness (QED) is 0.513. The number of aromatic nitrogens is 3. The first-order chi connectivity index (χ1) is 12.8. The van der Waals surface area contributed by atoms with Gasteiger partial charge in [0.15, 0.2) is 17.1 Å². The maximum Gasteiger partial charge on any atom is 0.386 e. The first-order valence-corrected chi connectivity index (χ1v) is 8.49. The monoisotopic (exact) mass is 408 g/mol. The van der Waals surface area contributed by atoms with E-state index in [1.165, 1.54) is 24.5 Å². The maximum absolute atomic E-state index is 13.8. The standard InChI is InChI=1S/C17H11Cl2FN4O3/c1-7(13-10(18)2-3-11(20)14(13)19)26-12-4-8(5-22-16(12)21)9-6-24-23-15(9)17(25)27-24/h2-7H,1H3,(H2,21,22). The van der Waals surface area contributed by atoms with Gasteiger partial charge in [0.1, 0.15) is 11.9 Å². The van der Waals surface area contributed by atoms with Crippen molar-refractivity contribution in [2.75, 3.05) is 5.73 Å². The van der Waals surface area contributed by atoms with Crippen molar-refractivity contribution < 1.29 is 13.7 Å². The molecule has 1 atom stereocenters. The normalized spacial score (nSPS) is 12.6. The molecule has 4 rings (SSSR count). The molecule has 1 aromatic carbocycles. The number of fused-ring (bicyclic) bond motifs is 2. The lowest BCUT2D eigenvalue weighted by Crippen LogP contribution is -2.08. The van der Waals surface area contributed by atoms with Crippen LogP contribution in [0, 0.1) is 5.82 Å².